The van der Waals surface area contributed by atoms with Gasteiger partial charge in [0, 0.05) is 6.42 Å². The van der Waals surface area contributed by atoms with Crippen LogP contribution >= 0.6 is 0 Å². The van der Waals surface area contributed by atoms with Crippen molar-refractivity contribution in [3.8, 4) is 0 Å². The standard InChI is InChI=1S/C13H17NO3/c1-9-4-3-5-10(2)12(9)14-11(8-15)6-7-17-13(14)16/h3-5,11,15H,6-8H2,1-2H3. The number of carbonyl (C=O) groups excluding carboxylic acids is 1. The lowest BCUT2D eigenvalue weighted by Crippen LogP contribution is -2.48. The summed E-state index contributed by atoms with van der Waals surface area (Å²) < 4.78 is 5.06. The number of hydrogen-bond donors (Lipinski definition) is 1. The van der Waals surface area contributed by atoms with Gasteiger partial charge in [0.1, 0.15) is 0 Å². The summed E-state index contributed by atoms with van der Waals surface area (Å²) in [6.07, 6.45) is 0.295. The number of hydrogen-bond acceptors (Lipinski definition) is 3. The van der Waals surface area contributed by atoms with Crippen molar-refractivity contribution in [1.82, 2.24) is 0 Å². The molecule has 0 spiro atoms. The van der Waals surface area contributed by atoms with Crippen LogP contribution in [0.25, 0.3) is 0 Å². The largest absolute Gasteiger partial charge is 0.449 e. The van der Waals surface area contributed by atoms with Crippen LogP contribution < -0.4 is 4.90 Å². The van der Waals surface area contributed by atoms with Crippen molar-refractivity contribution in [2.24, 2.45) is 0 Å². The van der Waals surface area contributed by atoms with Crippen LogP contribution in [-0.4, -0.2) is 30.5 Å². The average molecular weight is 235 g/mol. The number of ether oxygens (including phenoxy) is 1. The first-order valence-electron chi connectivity index (χ1n) is 5.78. The van der Waals surface area contributed by atoms with E-state index >= 15 is 0 Å². The quantitative estimate of drug-likeness (QED) is 0.853. The molecule has 17 heavy (non-hydrogen) atoms. The van der Waals surface area contributed by atoms with E-state index < -0.39 is 0 Å². The number of rotatable bonds is 2. The molecular weight excluding hydrogens is 218 g/mol. The fourth-order valence-corrected chi connectivity index (χ4v) is 2.26. The second kappa shape index (κ2) is 4.75. The molecule has 92 valence electrons. The molecule has 0 radical (unpaired) electrons. The molecule has 1 atom stereocenters. The molecule has 1 amide bonds. The second-order valence-corrected chi connectivity index (χ2v) is 4.35. The van der Waals surface area contributed by atoms with Gasteiger partial charge >= 0.3 is 6.09 Å². The molecular formula is C13H17NO3. The highest BCUT2D eigenvalue weighted by Gasteiger charge is 2.32. The van der Waals surface area contributed by atoms with Gasteiger partial charge in [-0.2, -0.15) is 0 Å². The van der Waals surface area contributed by atoms with E-state index in [4.69, 9.17) is 4.74 Å². The molecule has 0 aromatic heterocycles. The molecule has 4 nitrogen and oxygen atoms in total. The SMILES string of the molecule is Cc1cccc(C)c1N1C(=O)OCCC1CO. The van der Waals surface area contributed by atoms with E-state index in [1.165, 1.54) is 0 Å². The Hall–Kier alpha value is -1.55. The molecule has 1 aliphatic rings. The maximum atomic E-state index is 11.9. The van der Waals surface area contributed by atoms with Crippen molar-refractivity contribution in [3.05, 3.63) is 29.3 Å². The van der Waals surface area contributed by atoms with E-state index in [2.05, 4.69) is 0 Å². The van der Waals surface area contributed by atoms with Crippen molar-refractivity contribution in [3.63, 3.8) is 0 Å². The van der Waals surface area contributed by atoms with E-state index in [1.807, 2.05) is 32.0 Å². The third-order valence-corrected chi connectivity index (χ3v) is 3.13. The van der Waals surface area contributed by atoms with Gasteiger partial charge in [-0.25, -0.2) is 4.79 Å². The van der Waals surface area contributed by atoms with E-state index in [0.29, 0.717) is 13.0 Å². The number of carbonyl (C=O) groups is 1. The number of benzene rings is 1. The monoisotopic (exact) mass is 235 g/mol. The molecule has 1 heterocycles. The molecule has 1 N–H and O–H groups in total. The molecule has 4 heteroatoms. The van der Waals surface area contributed by atoms with Crippen molar-refractivity contribution < 1.29 is 14.6 Å². The van der Waals surface area contributed by atoms with Crippen molar-refractivity contribution in [2.45, 2.75) is 26.3 Å². The summed E-state index contributed by atoms with van der Waals surface area (Å²) in [6.45, 7) is 4.26. The van der Waals surface area contributed by atoms with E-state index in [1.54, 1.807) is 4.90 Å². The number of para-hydroxylation sites is 1. The highest BCUT2D eigenvalue weighted by Crippen LogP contribution is 2.29. The van der Waals surface area contributed by atoms with Crippen LogP contribution in [0.2, 0.25) is 0 Å². The molecule has 1 aromatic rings. The van der Waals surface area contributed by atoms with Gasteiger partial charge in [0.25, 0.3) is 0 Å². The minimum atomic E-state index is -0.368. The highest BCUT2D eigenvalue weighted by molar-refractivity contribution is 5.91. The Balaban J connectivity index is 2.45. The van der Waals surface area contributed by atoms with Gasteiger partial charge in [0.2, 0.25) is 0 Å². The van der Waals surface area contributed by atoms with Gasteiger partial charge in [-0.15, -0.1) is 0 Å². The predicted molar refractivity (Wildman–Crippen MR) is 65.2 cm³/mol. The van der Waals surface area contributed by atoms with Crippen LogP contribution in [0.5, 0.6) is 0 Å². The predicted octanol–water partition coefficient (Wildman–Crippen LogP) is 2.01. The van der Waals surface area contributed by atoms with E-state index in [9.17, 15) is 9.90 Å². The first kappa shape index (κ1) is 11.9. The third kappa shape index (κ3) is 2.13. The summed E-state index contributed by atoms with van der Waals surface area (Å²) in [7, 11) is 0. The minimum absolute atomic E-state index is 0.0388. The van der Waals surface area contributed by atoms with Gasteiger partial charge in [-0.3, -0.25) is 4.90 Å². The molecule has 0 saturated carbocycles. The number of cyclic esters (lactones) is 1. The Kier molecular flexibility index (Phi) is 3.33. The zero-order valence-electron chi connectivity index (χ0n) is 10.1. The lowest BCUT2D eigenvalue weighted by molar-refractivity contribution is 0.115. The fraction of sp³-hybridized carbons (Fsp3) is 0.462. The maximum absolute atomic E-state index is 11.9. The van der Waals surface area contributed by atoms with Crippen LogP contribution in [0.4, 0.5) is 10.5 Å². The maximum Gasteiger partial charge on any atom is 0.414 e. The summed E-state index contributed by atoms with van der Waals surface area (Å²) in [5, 5.41) is 9.37. The molecule has 1 saturated heterocycles. The summed E-state index contributed by atoms with van der Waals surface area (Å²) in [6, 6.07) is 5.69. The number of amides is 1. The number of aliphatic hydroxyl groups is 1. The number of nitrogens with zero attached hydrogens (tertiary/aromatic N) is 1. The lowest BCUT2D eigenvalue weighted by atomic mass is 10.0. The van der Waals surface area contributed by atoms with Gasteiger partial charge in [-0.1, -0.05) is 18.2 Å². The molecule has 1 aromatic carbocycles. The van der Waals surface area contributed by atoms with Crippen LogP contribution in [0.3, 0.4) is 0 Å². The van der Waals surface area contributed by atoms with Crippen molar-refractivity contribution in [2.75, 3.05) is 18.1 Å². The molecule has 0 aliphatic carbocycles. The number of anilines is 1. The Bertz CT molecular complexity index is 410. The first-order chi connectivity index (χ1) is 8.15. The summed E-state index contributed by atoms with van der Waals surface area (Å²) in [5.74, 6) is 0. The zero-order valence-corrected chi connectivity index (χ0v) is 10.1. The van der Waals surface area contributed by atoms with Gasteiger partial charge in [-0.05, 0) is 25.0 Å². The second-order valence-electron chi connectivity index (χ2n) is 4.35. The summed E-state index contributed by atoms with van der Waals surface area (Å²) >= 11 is 0. The van der Waals surface area contributed by atoms with Crippen LogP contribution in [0.15, 0.2) is 18.2 Å². The van der Waals surface area contributed by atoms with E-state index in [-0.39, 0.29) is 18.7 Å². The molecule has 1 unspecified atom stereocenters. The van der Waals surface area contributed by atoms with Gasteiger partial charge in [0.05, 0.1) is 24.9 Å². The summed E-state index contributed by atoms with van der Waals surface area (Å²) in [4.78, 5) is 13.4. The minimum Gasteiger partial charge on any atom is -0.449 e. The van der Waals surface area contributed by atoms with Crippen molar-refractivity contribution in [1.29, 1.82) is 0 Å². The highest BCUT2D eigenvalue weighted by atomic mass is 16.6. The zero-order chi connectivity index (χ0) is 12.4. The van der Waals surface area contributed by atoms with Crippen molar-refractivity contribution >= 4 is 11.8 Å². The smallest absolute Gasteiger partial charge is 0.414 e. The van der Waals surface area contributed by atoms with Gasteiger partial charge < -0.3 is 9.84 Å². The molecule has 0 bridgehead atoms. The Labute approximate surface area is 101 Å². The molecule has 1 fully saturated rings. The molecule has 1 aliphatic heterocycles. The average Bonchev–Trinajstić information content (AvgIpc) is 2.30. The fourth-order valence-electron chi connectivity index (χ4n) is 2.26. The van der Waals surface area contributed by atoms with Crippen LogP contribution in [0.1, 0.15) is 17.5 Å². The van der Waals surface area contributed by atoms with Crippen LogP contribution in [0, 0.1) is 13.8 Å². The Morgan fingerprint density at radius 3 is 2.65 bits per heavy atom. The molecule has 2 rings (SSSR count). The topological polar surface area (TPSA) is 49.8 Å². The Morgan fingerprint density at radius 1 is 1.41 bits per heavy atom. The van der Waals surface area contributed by atoms with Crippen LogP contribution in [-0.2, 0) is 4.74 Å². The third-order valence-electron chi connectivity index (χ3n) is 3.13. The number of aliphatic hydroxyl groups excluding tert-OH is 1. The lowest BCUT2D eigenvalue weighted by Gasteiger charge is -2.35. The summed E-state index contributed by atoms with van der Waals surface area (Å²) in [5.41, 5.74) is 2.89. The van der Waals surface area contributed by atoms with Gasteiger partial charge in [0.15, 0.2) is 0 Å². The Morgan fingerprint density at radius 2 is 2.06 bits per heavy atom. The normalized spacial score (nSPS) is 20.3. The van der Waals surface area contributed by atoms with E-state index in [0.717, 1.165) is 16.8 Å². The first-order valence-corrected chi connectivity index (χ1v) is 5.78. The number of aryl methyl sites for hydroxylation is 2.